The van der Waals surface area contributed by atoms with Gasteiger partial charge in [-0.05, 0) is 74.0 Å². The molecule has 0 saturated heterocycles. The van der Waals surface area contributed by atoms with Gasteiger partial charge in [0.25, 0.3) is 5.56 Å². The summed E-state index contributed by atoms with van der Waals surface area (Å²) >= 11 is 1.21. The SMILES string of the molecule is C=CCOC(=O)C1=C(C)N=c2s/c(=C\c3cn(-c4ccccc4)nc3-c3ccc(OCC)cc3)c(=O)n2[C@@H]1c1ccc(C(=O)OC)cc1. The highest BCUT2D eigenvalue weighted by molar-refractivity contribution is 7.07. The van der Waals surface area contributed by atoms with Crippen LogP contribution < -0.4 is 19.6 Å². The van der Waals surface area contributed by atoms with Gasteiger partial charge in [0.05, 0.1) is 46.8 Å². The van der Waals surface area contributed by atoms with E-state index in [-0.39, 0.29) is 17.7 Å². The van der Waals surface area contributed by atoms with Gasteiger partial charge in [-0.15, -0.1) is 0 Å². The predicted octanol–water partition coefficient (Wildman–Crippen LogP) is 5.00. The Kier molecular flexibility index (Phi) is 9.31. The average Bonchev–Trinajstić information content (AvgIpc) is 3.67. The van der Waals surface area contributed by atoms with Crippen LogP contribution in [-0.2, 0) is 14.3 Å². The minimum absolute atomic E-state index is 0.00619. The standard InChI is InChI=1S/C37H32N4O6S/c1-5-20-47-36(44)31-23(3)38-37-41(33(31)25-12-14-26(15-13-25)35(43)45-4)34(42)30(48-37)21-27-22-40(28-10-8-7-9-11-28)39-32(27)24-16-18-29(19-17-24)46-6-2/h5,7-19,21-22,33H,1,6,20H2,2-4H3/b30-21-/t33-/m1/s1. The van der Waals surface area contributed by atoms with Crippen LogP contribution in [0.2, 0.25) is 0 Å². The van der Waals surface area contributed by atoms with Gasteiger partial charge < -0.3 is 14.2 Å². The quantitative estimate of drug-likeness (QED) is 0.153. The molecule has 0 fully saturated rings. The van der Waals surface area contributed by atoms with Crippen LogP contribution in [0.25, 0.3) is 23.0 Å². The Morgan fingerprint density at radius 2 is 1.73 bits per heavy atom. The van der Waals surface area contributed by atoms with Gasteiger partial charge >= 0.3 is 11.9 Å². The molecule has 0 spiro atoms. The van der Waals surface area contributed by atoms with Gasteiger partial charge in [0, 0.05) is 17.3 Å². The maximum atomic E-state index is 14.3. The normalized spacial score (nSPS) is 14.2. The maximum Gasteiger partial charge on any atom is 0.338 e. The van der Waals surface area contributed by atoms with Crippen LogP contribution in [0.1, 0.15) is 41.4 Å². The Balaban J connectivity index is 1.52. The van der Waals surface area contributed by atoms with Crippen LogP contribution in [-0.4, -0.2) is 46.6 Å². The molecule has 0 saturated carbocycles. The van der Waals surface area contributed by atoms with E-state index in [9.17, 15) is 14.4 Å². The van der Waals surface area contributed by atoms with E-state index in [1.54, 1.807) is 41.9 Å². The third kappa shape index (κ3) is 6.27. The Morgan fingerprint density at radius 3 is 2.40 bits per heavy atom. The Hall–Kier alpha value is -5.81. The molecule has 242 valence electrons. The van der Waals surface area contributed by atoms with Crippen molar-refractivity contribution in [3.8, 4) is 22.7 Å². The minimum atomic E-state index is -0.856. The van der Waals surface area contributed by atoms with Crippen molar-refractivity contribution < 1.29 is 23.8 Å². The van der Waals surface area contributed by atoms with Crippen LogP contribution in [0.5, 0.6) is 5.75 Å². The summed E-state index contributed by atoms with van der Waals surface area (Å²) in [6.07, 6.45) is 5.15. The number of hydrogen-bond donors (Lipinski definition) is 0. The second kappa shape index (κ2) is 13.9. The number of methoxy groups -OCH3 is 1. The number of carbonyl (C=O) groups excluding carboxylic acids is 2. The largest absolute Gasteiger partial charge is 0.494 e. The van der Waals surface area contributed by atoms with Crippen LogP contribution in [0, 0.1) is 0 Å². The second-order valence-corrected chi connectivity index (χ2v) is 11.8. The minimum Gasteiger partial charge on any atom is -0.494 e. The maximum absolute atomic E-state index is 14.3. The summed E-state index contributed by atoms with van der Waals surface area (Å²) in [6.45, 7) is 7.82. The molecule has 0 aliphatic carbocycles. The van der Waals surface area contributed by atoms with Gasteiger partial charge in [-0.3, -0.25) is 9.36 Å². The summed E-state index contributed by atoms with van der Waals surface area (Å²) in [4.78, 5) is 45.0. The van der Waals surface area contributed by atoms with Crippen molar-refractivity contribution in [2.75, 3.05) is 20.3 Å². The van der Waals surface area contributed by atoms with Crippen molar-refractivity contribution in [2.45, 2.75) is 19.9 Å². The van der Waals surface area contributed by atoms with Crippen molar-refractivity contribution in [2.24, 2.45) is 4.99 Å². The van der Waals surface area contributed by atoms with Crippen molar-refractivity contribution >= 4 is 29.4 Å². The number of esters is 2. The molecule has 11 heteroatoms. The number of rotatable bonds is 10. The first-order valence-electron chi connectivity index (χ1n) is 15.2. The lowest BCUT2D eigenvalue weighted by atomic mass is 9.95. The number of hydrogen-bond acceptors (Lipinski definition) is 9. The van der Waals surface area contributed by atoms with Gasteiger partial charge in [0.1, 0.15) is 18.1 Å². The molecule has 3 aromatic carbocycles. The van der Waals surface area contributed by atoms with Gasteiger partial charge in [0.2, 0.25) is 0 Å². The first-order valence-corrected chi connectivity index (χ1v) is 16.0. The van der Waals surface area contributed by atoms with E-state index >= 15 is 0 Å². The summed E-state index contributed by atoms with van der Waals surface area (Å²) in [6, 6.07) is 23.1. The third-order valence-electron chi connectivity index (χ3n) is 7.71. The average molecular weight is 661 g/mol. The van der Waals surface area contributed by atoms with E-state index in [1.165, 1.54) is 29.1 Å². The molecule has 5 aromatic rings. The van der Waals surface area contributed by atoms with E-state index < -0.39 is 18.0 Å². The van der Waals surface area contributed by atoms with E-state index in [0.29, 0.717) is 44.0 Å². The fraction of sp³-hybridized carbons (Fsp3) is 0.162. The predicted molar refractivity (Wildman–Crippen MR) is 183 cm³/mol. The highest BCUT2D eigenvalue weighted by Crippen LogP contribution is 2.31. The Morgan fingerprint density at radius 1 is 1.00 bits per heavy atom. The van der Waals surface area contributed by atoms with Crippen LogP contribution in [0.3, 0.4) is 0 Å². The third-order valence-corrected chi connectivity index (χ3v) is 8.69. The molecule has 1 aliphatic heterocycles. The molecule has 0 radical (unpaired) electrons. The summed E-state index contributed by atoms with van der Waals surface area (Å²) < 4.78 is 19.6. The highest BCUT2D eigenvalue weighted by atomic mass is 32.1. The fourth-order valence-corrected chi connectivity index (χ4v) is 6.51. The van der Waals surface area contributed by atoms with Gasteiger partial charge in [-0.2, -0.15) is 5.10 Å². The first kappa shape index (κ1) is 32.1. The highest BCUT2D eigenvalue weighted by Gasteiger charge is 2.33. The molecule has 1 atom stereocenters. The lowest BCUT2D eigenvalue weighted by Gasteiger charge is -2.24. The lowest BCUT2D eigenvalue weighted by molar-refractivity contribution is -0.138. The van der Waals surface area contributed by atoms with E-state index in [4.69, 9.17) is 19.3 Å². The number of allylic oxidation sites excluding steroid dienone is 1. The number of carbonyl (C=O) groups is 2. The number of nitrogens with zero attached hydrogens (tertiary/aromatic N) is 4. The lowest BCUT2D eigenvalue weighted by Crippen LogP contribution is -2.40. The number of fused-ring (bicyclic) bond motifs is 1. The molecular formula is C37H32N4O6S. The molecule has 48 heavy (non-hydrogen) atoms. The molecule has 3 heterocycles. The van der Waals surface area contributed by atoms with Gasteiger partial charge in [0.15, 0.2) is 4.80 Å². The Labute approximate surface area is 280 Å². The zero-order valence-corrected chi connectivity index (χ0v) is 27.4. The van der Waals surface area contributed by atoms with Crippen molar-refractivity contribution in [1.29, 1.82) is 0 Å². The van der Waals surface area contributed by atoms with Crippen LogP contribution in [0.4, 0.5) is 0 Å². The number of aromatic nitrogens is 3. The van der Waals surface area contributed by atoms with Crippen LogP contribution in [0.15, 0.2) is 119 Å². The summed E-state index contributed by atoms with van der Waals surface area (Å²) in [5, 5.41) is 4.90. The van der Waals surface area contributed by atoms with Crippen molar-refractivity contribution in [1.82, 2.24) is 14.3 Å². The molecule has 2 aromatic heterocycles. The number of thiazole rings is 1. The molecule has 1 aliphatic rings. The molecule has 0 unspecified atom stereocenters. The zero-order valence-electron chi connectivity index (χ0n) is 26.6. The number of benzene rings is 3. The Bertz CT molecular complexity index is 2210. The van der Waals surface area contributed by atoms with E-state index in [0.717, 1.165) is 17.0 Å². The number of para-hydroxylation sites is 1. The smallest absolute Gasteiger partial charge is 0.338 e. The fourth-order valence-electron chi connectivity index (χ4n) is 5.48. The zero-order chi connectivity index (χ0) is 33.8. The molecule has 0 amide bonds. The molecular weight excluding hydrogens is 628 g/mol. The monoisotopic (exact) mass is 660 g/mol. The first-order chi connectivity index (χ1) is 23.3. The second-order valence-electron chi connectivity index (χ2n) is 10.8. The topological polar surface area (TPSA) is 114 Å². The van der Waals surface area contributed by atoms with Gasteiger partial charge in [-0.25, -0.2) is 19.3 Å². The van der Waals surface area contributed by atoms with Gasteiger partial charge in [-0.1, -0.05) is 54.3 Å². The molecule has 0 bridgehead atoms. The molecule has 6 rings (SSSR count). The van der Waals surface area contributed by atoms with E-state index in [1.807, 2.05) is 67.7 Å². The summed E-state index contributed by atoms with van der Waals surface area (Å²) in [5.74, 6) is -0.368. The molecule has 0 N–H and O–H groups in total. The number of ether oxygens (including phenoxy) is 3. The summed E-state index contributed by atoms with van der Waals surface area (Å²) in [5.41, 5.74) is 4.33. The van der Waals surface area contributed by atoms with Crippen LogP contribution >= 0.6 is 11.3 Å². The van der Waals surface area contributed by atoms with Crippen molar-refractivity contribution in [3.05, 3.63) is 145 Å². The van der Waals surface area contributed by atoms with Crippen molar-refractivity contribution in [3.63, 3.8) is 0 Å². The van der Waals surface area contributed by atoms with E-state index in [2.05, 4.69) is 11.6 Å². The summed E-state index contributed by atoms with van der Waals surface area (Å²) in [7, 11) is 1.30. The molecule has 10 nitrogen and oxygen atoms in total.